The first kappa shape index (κ1) is 15.8. The molecule has 0 spiro atoms. The number of phenolic OH excluding ortho intramolecular Hbond substituents is 1. The highest BCUT2D eigenvalue weighted by Gasteiger charge is 2.17. The van der Waals surface area contributed by atoms with Crippen LogP contribution in [0.15, 0.2) is 18.2 Å². The molecule has 108 valence electrons. The monoisotopic (exact) mass is 266 g/mol. The van der Waals surface area contributed by atoms with E-state index >= 15 is 0 Å². The number of hydrogen-bond acceptors (Lipinski definition) is 3. The zero-order valence-electron chi connectivity index (χ0n) is 12.6. The fourth-order valence-electron chi connectivity index (χ4n) is 1.83. The van der Waals surface area contributed by atoms with Crippen LogP contribution in [0.1, 0.15) is 52.5 Å². The average Bonchev–Trinajstić information content (AvgIpc) is 2.39. The lowest BCUT2D eigenvalue weighted by atomic mass is 9.98. The Labute approximate surface area is 116 Å². The van der Waals surface area contributed by atoms with Crippen LogP contribution in [0.5, 0.6) is 11.5 Å². The Kier molecular flexibility index (Phi) is 6.16. The van der Waals surface area contributed by atoms with E-state index in [0.29, 0.717) is 18.3 Å². The Morgan fingerprint density at radius 1 is 1.16 bits per heavy atom. The average molecular weight is 266 g/mol. The highest BCUT2D eigenvalue weighted by atomic mass is 16.7. The van der Waals surface area contributed by atoms with Gasteiger partial charge in [0, 0.05) is 12.5 Å². The lowest BCUT2D eigenvalue weighted by molar-refractivity contribution is -0.104. The number of ether oxygens (including phenoxy) is 2. The summed E-state index contributed by atoms with van der Waals surface area (Å²) in [5, 5.41) is 10.1. The van der Waals surface area contributed by atoms with Crippen molar-refractivity contribution in [1.82, 2.24) is 0 Å². The van der Waals surface area contributed by atoms with Crippen LogP contribution < -0.4 is 4.74 Å². The summed E-state index contributed by atoms with van der Waals surface area (Å²) >= 11 is 0. The molecule has 0 aromatic heterocycles. The summed E-state index contributed by atoms with van der Waals surface area (Å²) in [6, 6.07) is 5.62. The summed E-state index contributed by atoms with van der Waals surface area (Å²) < 4.78 is 11.3. The molecular weight excluding hydrogens is 240 g/mol. The maximum absolute atomic E-state index is 10.1. The van der Waals surface area contributed by atoms with Gasteiger partial charge in [0.15, 0.2) is 11.5 Å². The van der Waals surface area contributed by atoms with Crippen LogP contribution in [0.3, 0.4) is 0 Å². The van der Waals surface area contributed by atoms with Gasteiger partial charge in [0.1, 0.15) is 0 Å². The van der Waals surface area contributed by atoms with E-state index in [1.165, 1.54) is 0 Å². The first-order valence-electron chi connectivity index (χ1n) is 7.10. The van der Waals surface area contributed by atoms with Crippen LogP contribution in [0.2, 0.25) is 0 Å². The molecule has 1 aromatic carbocycles. The second-order valence-corrected chi connectivity index (χ2v) is 5.22. The highest BCUT2D eigenvalue weighted by Crippen LogP contribution is 2.32. The second-order valence-electron chi connectivity index (χ2n) is 5.22. The zero-order valence-corrected chi connectivity index (χ0v) is 12.6. The molecule has 0 aliphatic carbocycles. The van der Waals surface area contributed by atoms with Gasteiger partial charge in [-0.25, -0.2) is 0 Å². The molecule has 1 aromatic rings. The van der Waals surface area contributed by atoms with Crippen LogP contribution in [0.4, 0.5) is 0 Å². The van der Waals surface area contributed by atoms with Gasteiger partial charge in [-0.15, -0.1) is 0 Å². The lowest BCUT2D eigenvalue weighted by Crippen LogP contribution is -2.26. The smallest absolute Gasteiger partial charge is 0.202 e. The standard InChI is InChI=1S/C16H26O3/c1-6-12(5)13-8-9-15(14(17)10-13)19-16(11(3)4)18-7-2/h8-12,16-17H,6-7H2,1-5H3. The molecule has 0 saturated carbocycles. The van der Waals surface area contributed by atoms with Crippen molar-refractivity contribution in [3.63, 3.8) is 0 Å². The Hall–Kier alpha value is -1.22. The van der Waals surface area contributed by atoms with E-state index in [2.05, 4.69) is 13.8 Å². The molecule has 0 amide bonds. The summed E-state index contributed by atoms with van der Waals surface area (Å²) in [6.45, 7) is 10.9. The van der Waals surface area contributed by atoms with Crippen LogP contribution in [-0.2, 0) is 4.74 Å². The predicted octanol–water partition coefficient (Wildman–Crippen LogP) is 4.30. The molecule has 0 bridgehead atoms. The van der Waals surface area contributed by atoms with Gasteiger partial charge in [-0.2, -0.15) is 0 Å². The minimum Gasteiger partial charge on any atom is -0.504 e. The quantitative estimate of drug-likeness (QED) is 0.748. The van der Waals surface area contributed by atoms with Crippen molar-refractivity contribution in [2.75, 3.05) is 6.61 Å². The maximum Gasteiger partial charge on any atom is 0.202 e. The molecular formula is C16H26O3. The SMILES string of the molecule is CCOC(Oc1ccc(C(C)CC)cc1O)C(C)C. The molecule has 1 rings (SSSR count). The normalized spacial score (nSPS) is 14.4. The third-order valence-corrected chi connectivity index (χ3v) is 3.28. The van der Waals surface area contributed by atoms with E-state index in [4.69, 9.17) is 9.47 Å². The van der Waals surface area contributed by atoms with Gasteiger partial charge in [-0.1, -0.05) is 33.8 Å². The van der Waals surface area contributed by atoms with Gasteiger partial charge in [0.05, 0.1) is 0 Å². The van der Waals surface area contributed by atoms with Crippen molar-refractivity contribution >= 4 is 0 Å². The molecule has 3 heteroatoms. The third-order valence-electron chi connectivity index (χ3n) is 3.28. The molecule has 2 unspecified atom stereocenters. The fraction of sp³-hybridized carbons (Fsp3) is 0.625. The molecule has 19 heavy (non-hydrogen) atoms. The van der Waals surface area contributed by atoms with Gasteiger partial charge in [-0.3, -0.25) is 0 Å². The summed E-state index contributed by atoms with van der Waals surface area (Å²) in [5.74, 6) is 1.34. The van der Waals surface area contributed by atoms with Crippen molar-refractivity contribution in [3.05, 3.63) is 23.8 Å². The first-order valence-corrected chi connectivity index (χ1v) is 7.10. The van der Waals surface area contributed by atoms with Gasteiger partial charge in [-0.05, 0) is 37.0 Å². The third kappa shape index (κ3) is 4.43. The van der Waals surface area contributed by atoms with Crippen LogP contribution in [-0.4, -0.2) is 18.0 Å². The fourth-order valence-corrected chi connectivity index (χ4v) is 1.83. The van der Waals surface area contributed by atoms with Gasteiger partial charge < -0.3 is 14.6 Å². The molecule has 0 aliphatic heterocycles. The molecule has 0 fully saturated rings. The molecule has 3 nitrogen and oxygen atoms in total. The van der Waals surface area contributed by atoms with Crippen LogP contribution >= 0.6 is 0 Å². The molecule has 0 aliphatic rings. The molecule has 0 saturated heterocycles. The topological polar surface area (TPSA) is 38.7 Å². The summed E-state index contributed by atoms with van der Waals surface area (Å²) in [6.07, 6.45) is 0.720. The van der Waals surface area contributed by atoms with Crippen molar-refractivity contribution in [1.29, 1.82) is 0 Å². The van der Waals surface area contributed by atoms with Crippen molar-refractivity contribution < 1.29 is 14.6 Å². The van der Waals surface area contributed by atoms with Crippen molar-refractivity contribution in [3.8, 4) is 11.5 Å². The minimum atomic E-state index is -0.328. The Bertz CT molecular complexity index is 388. The van der Waals surface area contributed by atoms with E-state index in [-0.39, 0.29) is 18.0 Å². The van der Waals surface area contributed by atoms with E-state index in [1.807, 2.05) is 32.9 Å². The molecule has 0 heterocycles. The molecule has 0 radical (unpaired) electrons. The van der Waals surface area contributed by atoms with Crippen LogP contribution in [0.25, 0.3) is 0 Å². The molecule has 2 atom stereocenters. The summed E-state index contributed by atoms with van der Waals surface area (Å²) in [7, 11) is 0. The lowest BCUT2D eigenvalue weighted by Gasteiger charge is -2.23. The summed E-state index contributed by atoms with van der Waals surface area (Å²) in [4.78, 5) is 0. The Morgan fingerprint density at radius 3 is 2.32 bits per heavy atom. The number of aromatic hydroxyl groups is 1. The predicted molar refractivity (Wildman–Crippen MR) is 77.7 cm³/mol. The van der Waals surface area contributed by atoms with E-state index in [9.17, 15) is 5.11 Å². The number of phenols is 1. The first-order chi connectivity index (χ1) is 8.99. The highest BCUT2D eigenvalue weighted by molar-refractivity contribution is 5.42. The van der Waals surface area contributed by atoms with E-state index in [0.717, 1.165) is 12.0 Å². The maximum atomic E-state index is 10.1. The van der Waals surface area contributed by atoms with Gasteiger partial charge >= 0.3 is 0 Å². The second kappa shape index (κ2) is 7.39. The zero-order chi connectivity index (χ0) is 14.4. The van der Waals surface area contributed by atoms with Gasteiger partial charge in [0.2, 0.25) is 6.29 Å². The van der Waals surface area contributed by atoms with Crippen LogP contribution in [0, 0.1) is 5.92 Å². The Morgan fingerprint density at radius 2 is 1.84 bits per heavy atom. The number of benzene rings is 1. The minimum absolute atomic E-state index is 0.183. The molecule has 1 N–H and O–H groups in total. The van der Waals surface area contributed by atoms with Crippen molar-refractivity contribution in [2.45, 2.75) is 53.2 Å². The number of rotatable bonds is 7. The Balaban J connectivity index is 2.84. The van der Waals surface area contributed by atoms with Gasteiger partial charge in [0.25, 0.3) is 0 Å². The number of hydrogen-bond donors (Lipinski definition) is 1. The van der Waals surface area contributed by atoms with E-state index in [1.54, 1.807) is 6.07 Å². The largest absolute Gasteiger partial charge is 0.504 e. The summed E-state index contributed by atoms with van der Waals surface area (Å²) in [5.41, 5.74) is 1.13. The van der Waals surface area contributed by atoms with Crippen molar-refractivity contribution in [2.24, 2.45) is 5.92 Å². The van der Waals surface area contributed by atoms with E-state index < -0.39 is 0 Å².